The highest BCUT2D eigenvalue weighted by Crippen LogP contribution is 2.27. The van der Waals surface area contributed by atoms with E-state index in [0.29, 0.717) is 5.56 Å². The Hall–Kier alpha value is -1.63. The second-order valence-electron chi connectivity index (χ2n) is 4.47. The van der Waals surface area contributed by atoms with Crippen molar-refractivity contribution in [2.24, 2.45) is 7.05 Å². The van der Waals surface area contributed by atoms with Crippen molar-refractivity contribution in [2.75, 3.05) is 0 Å². The third kappa shape index (κ3) is 2.56. The number of aryl methyl sites for hydroxylation is 3. The number of rotatable bonds is 2. The first-order valence-corrected chi connectivity index (χ1v) is 5.79. The van der Waals surface area contributed by atoms with E-state index in [-0.39, 0.29) is 27.9 Å². The van der Waals surface area contributed by atoms with Gasteiger partial charge in [-0.3, -0.25) is 0 Å². The average Bonchev–Trinajstić information content (AvgIpc) is 2.57. The molecule has 1 nitrogen and oxygen atoms in total. The molecule has 0 aliphatic heterocycles. The van der Waals surface area contributed by atoms with Crippen molar-refractivity contribution >= 4 is 0 Å². The Morgan fingerprint density at radius 2 is 2.00 bits per heavy atom. The van der Waals surface area contributed by atoms with E-state index in [9.17, 15) is 0 Å². The first-order valence-electron chi connectivity index (χ1n) is 12.3. The van der Waals surface area contributed by atoms with Crippen molar-refractivity contribution in [3.05, 3.63) is 52.7 Å². The topological polar surface area (TPSA) is 3.88 Å². The second-order valence-corrected chi connectivity index (χ2v) is 4.47. The highest BCUT2D eigenvalue weighted by Gasteiger charge is 2.17. The predicted octanol–water partition coefficient (Wildman–Crippen LogP) is 4.23. The molecule has 1 aromatic carbocycles. The molecule has 0 atom stereocenters. The van der Waals surface area contributed by atoms with Gasteiger partial charge in [0.15, 0.2) is 6.20 Å². The molecule has 0 amide bonds. The third-order valence-electron chi connectivity index (χ3n) is 3.09. The summed E-state index contributed by atoms with van der Waals surface area (Å²) in [4.78, 5) is 0. The number of hydrogen-bond donors (Lipinski definition) is 0. The zero-order valence-electron chi connectivity index (χ0n) is 23.8. The SMILES string of the molecule is [2H]C([2H])([2H])c1cc[n+](C)c(-c2ccc(C([2H])(C([2H])([2H])[2H])C([2H])([2H])[2H])cc2C)c1C([2H])([2H])[2H]. The summed E-state index contributed by atoms with van der Waals surface area (Å²) >= 11 is 0. The van der Waals surface area contributed by atoms with Crippen molar-refractivity contribution in [1.82, 2.24) is 0 Å². The molecule has 1 aromatic heterocycles. The number of aromatic nitrogens is 1. The van der Waals surface area contributed by atoms with Gasteiger partial charge in [-0.15, -0.1) is 0 Å². The van der Waals surface area contributed by atoms with Crippen molar-refractivity contribution < 1.29 is 22.4 Å². The summed E-state index contributed by atoms with van der Waals surface area (Å²) < 4.78 is 103. The van der Waals surface area contributed by atoms with Crippen LogP contribution in [0, 0.1) is 20.6 Å². The number of hydrogen-bond acceptors (Lipinski definition) is 0. The minimum Gasteiger partial charge on any atom is -0.201 e. The van der Waals surface area contributed by atoms with Crippen LogP contribution in [0.5, 0.6) is 0 Å². The van der Waals surface area contributed by atoms with Gasteiger partial charge in [0.05, 0.1) is 0 Å². The van der Waals surface area contributed by atoms with Crippen LogP contribution in [0.3, 0.4) is 0 Å². The van der Waals surface area contributed by atoms with Gasteiger partial charge < -0.3 is 0 Å². The minimum atomic E-state index is -3.16. The molecule has 0 bridgehead atoms. The lowest BCUT2D eigenvalue weighted by atomic mass is 9.94. The summed E-state index contributed by atoms with van der Waals surface area (Å²) in [5.74, 6) is -2.90. The van der Waals surface area contributed by atoms with Gasteiger partial charge in [0.25, 0.3) is 0 Å². The molecule has 100 valence electrons. The van der Waals surface area contributed by atoms with E-state index in [1.54, 1.807) is 7.05 Å². The second kappa shape index (κ2) is 5.16. The van der Waals surface area contributed by atoms with Crippen LogP contribution in [0.25, 0.3) is 11.3 Å². The van der Waals surface area contributed by atoms with Crippen LogP contribution in [-0.2, 0) is 7.05 Å². The fraction of sp³-hybridized carbons (Fsp3) is 0.389. The van der Waals surface area contributed by atoms with E-state index < -0.39 is 33.3 Å². The fourth-order valence-corrected chi connectivity index (χ4v) is 2.06. The van der Waals surface area contributed by atoms with Gasteiger partial charge in [0.2, 0.25) is 5.69 Å². The highest BCUT2D eigenvalue weighted by molar-refractivity contribution is 5.65. The molecule has 2 rings (SSSR count). The maximum absolute atomic E-state index is 8.34. The van der Waals surface area contributed by atoms with Crippen molar-refractivity contribution in [3.63, 3.8) is 0 Å². The minimum absolute atomic E-state index is 0.0843. The monoisotopic (exact) mass is 267 g/mol. The molecule has 2 aromatic rings. The molecular formula is C18H24N+. The lowest BCUT2D eigenvalue weighted by molar-refractivity contribution is -0.660. The molecule has 0 fully saturated rings. The smallest absolute Gasteiger partial charge is 0.201 e. The Labute approximate surface area is 135 Å². The average molecular weight is 267 g/mol. The summed E-state index contributed by atoms with van der Waals surface area (Å²) in [5.41, 5.74) is -0.316. The maximum Gasteiger partial charge on any atom is 0.215 e. The fourth-order valence-electron chi connectivity index (χ4n) is 2.06. The van der Waals surface area contributed by atoms with Gasteiger partial charge in [-0.2, -0.15) is 0 Å². The maximum atomic E-state index is 8.34. The number of nitrogens with zero attached hydrogens (tertiary/aromatic N) is 1. The number of benzene rings is 1. The van der Waals surface area contributed by atoms with Crippen LogP contribution < -0.4 is 4.57 Å². The third-order valence-corrected chi connectivity index (χ3v) is 3.09. The molecule has 1 heteroatoms. The molecule has 0 N–H and O–H groups in total. The van der Waals surface area contributed by atoms with Gasteiger partial charge in [-0.05, 0) is 49.3 Å². The van der Waals surface area contributed by atoms with Crippen LogP contribution in [-0.4, -0.2) is 0 Å². The predicted molar refractivity (Wildman–Crippen MR) is 81.4 cm³/mol. The van der Waals surface area contributed by atoms with E-state index >= 15 is 0 Å². The van der Waals surface area contributed by atoms with Crippen LogP contribution in [0.2, 0.25) is 0 Å². The lowest BCUT2D eigenvalue weighted by Gasteiger charge is -2.12. The Morgan fingerprint density at radius 3 is 2.63 bits per heavy atom. The molecule has 0 aliphatic carbocycles. The zero-order valence-corrected chi connectivity index (χ0v) is 10.8. The molecule has 0 aliphatic rings. The first-order chi connectivity index (χ1) is 14.1. The summed E-state index contributed by atoms with van der Waals surface area (Å²) in [6.07, 6.45) is 1.42. The van der Waals surface area contributed by atoms with Gasteiger partial charge in [-0.1, -0.05) is 25.8 Å². The van der Waals surface area contributed by atoms with E-state index in [1.807, 2.05) is 0 Å². The van der Waals surface area contributed by atoms with Gasteiger partial charge >= 0.3 is 0 Å². The summed E-state index contributed by atoms with van der Waals surface area (Å²) in [6.45, 7) is -10.3. The summed E-state index contributed by atoms with van der Waals surface area (Å²) in [7, 11) is 1.54. The molecule has 0 radical (unpaired) electrons. The molecular weight excluding hydrogens is 230 g/mol. The molecule has 1 heterocycles. The van der Waals surface area contributed by atoms with Gasteiger partial charge in [0.1, 0.15) is 7.05 Å². The van der Waals surface area contributed by atoms with Gasteiger partial charge in [-0.25, -0.2) is 4.57 Å². The van der Waals surface area contributed by atoms with Crippen LogP contribution in [0.1, 0.15) is 59.7 Å². The Bertz CT molecular complexity index is 996. The molecule has 0 unspecified atom stereocenters. The van der Waals surface area contributed by atoms with E-state index in [0.717, 1.165) is 0 Å². The zero-order chi connectivity index (χ0) is 25.1. The van der Waals surface area contributed by atoms with E-state index in [2.05, 4.69) is 0 Å². The standard InChI is InChI=1S/C18H24N/c1-12(2)16-7-8-17(14(4)11-16)18-15(5)13(3)9-10-19(18)6/h7-12H,1-6H3/q+1/i1D3,2D3,3D3,5D3,12D. The largest absolute Gasteiger partial charge is 0.215 e. The Balaban J connectivity index is 2.89. The van der Waals surface area contributed by atoms with Crippen LogP contribution >= 0.6 is 0 Å². The van der Waals surface area contributed by atoms with Crippen LogP contribution in [0.4, 0.5) is 0 Å². The molecule has 0 spiro atoms. The Morgan fingerprint density at radius 1 is 1.16 bits per heavy atom. The van der Waals surface area contributed by atoms with Crippen molar-refractivity contribution in [2.45, 2.75) is 40.2 Å². The summed E-state index contributed by atoms with van der Waals surface area (Å²) in [5, 5.41) is 0. The van der Waals surface area contributed by atoms with Crippen molar-refractivity contribution in [1.29, 1.82) is 0 Å². The first kappa shape index (κ1) is 4.73. The quantitative estimate of drug-likeness (QED) is 0.717. The Kier molecular flexibility index (Phi) is 1.29. The lowest BCUT2D eigenvalue weighted by Crippen LogP contribution is -2.32. The molecule has 0 saturated carbocycles. The van der Waals surface area contributed by atoms with Crippen LogP contribution in [0.15, 0.2) is 30.5 Å². The van der Waals surface area contributed by atoms with Crippen molar-refractivity contribution in [3.8, 4) is 11.3 Å². The highest BCUT2D eigenvalue weighted by atomic mass is 14.9. The van der Waals surface area contributed by atoms with E-state index in [1.165, 1.54) is 42.0 Å². The molecule has 19 heavy (non-hydrogen) atoms. The number of pyridine rings is 1. The van der Waals surface area contributed by atoms with Gasteiger partial charge in [0, 0.05) is 35.0 Å². The normalized spacial score (nSPS) is 24.4. The van der Waals surface area contributed by atoms with E-state index in [4.69, 9.17) is 17.8 Å². The summed E-state index contributed by atoms with van der Waals surface area (Å²) in [6, 6.07) is 4.95. The molecule has 0 saturated heterocycles.